The van der Waals surface area contributed by atoms with Gasteiger partial charge in [0.25, 0.3) is 0 Å². The molecule has 0 radical (unpaired) electrons. The summed E-state index contributed by atoms with van der Waals surface area (Å²) in [6, 6.07) is 8.55. The van der Waals surface area contributed by atoms with Crippen molar-refractivity contribution in [1.82, 2.24) is 4.98 Å². The fraction of sp³-hybridized carbons (Fsp3) is 0.467. The van der Waals surface area contributed by atoms with Gasteiger partial charge in [-0.15, -0.1) is 0 Å². The molecule has 1 aromatic carbocycles. The second kappa shape index (κ2) is 5.76. The third kappa shape index (κ3) is 2.63. The first kappa shape index (κ1) is 12.0. The molecule has 2 heteroatoms. The highest BCUT2D eigenvalue weighted by Gasteiger charge is 2.09. The largest absolute Gasteiger partial charge is 0.374 e. The molecule has 2 nitrogen and oxygen atoms in total. The van der Waals surface area contributed by atoms with Crippen molar-refractivity contribution in [2.24, 2.45) is 0 Å². The molecule has 0 aliphatic carbocycles. The van der Waals surface area contributed by atoms with Crippen LogP contribution in [-0.2, 0) is 6.42 Å². The summed E-state index contributed by atoms with van der Waals surface area (Å²) in [5, 5.41) is 4.64. The third-order valence-corrected chi connectivity index (χ3v) is 3.34. The highest BCUT2D eigenvalue weighted by molar-refractivity contribution is 5.88. The number of para-hydroxylation sites is 1. The van der Waals surface area contributed by atoms with E-state index in [-0.39, 0.29) is 0 Å². The number of hydrogen-bond donors (Lipinski definition) is 2. The van der Waals surface area contributed by atoms with E-state index in [1.807, 2.05) is 7.05 Å². The van der Waals surface area contributed by atoms with Crippen LogP contribution < -0.4 is 5.32 Å². The number of aryl methyl sites for hydroxylation is 1. The SMILES string of the molecule is CCCCCCc1c(NC)[nH]c2ccccc12. The summed E-state index contributed by atoms with van der Waals surface area (Å²) < 4.78 is 0. The Balaban J connectivity index is 2.18. The lowest BCUT2D eigenvalue weighted by atomic mass is 10.0. The van der Waals surface area contributed by atoms with Gasteiger partial charge < -0.3 is 10.3 Å². The Morgan fingerprint density at radius 3 is 2.71 bits per heavy atom. The first-order valence-corrected chi connectivity index (χ1v) is 6.64. The second-order valence-corrected chi connectivity index (χ2v) is 4.58. The summed E-state index contributed by atoms with van der Waals surface area (Å²) in [6.07, 6.45) is 6.42. The first-order valence-electron chi connectivity index (χ1n) is 6.64. The van der Waals surface area contributed by atoms with Gasteiger partial charge in [0.05, 0.1) is 0 Å². The van der Waals surface area contributed by atoms with Gasteiger partial charge >= 0.3 is 0 Å². The maximum absolute atomic E-state index is 3.44. The van der Waals surface area contributed by atoms with E-state index in [4.69, 9.17) is 0 Å². The van der Waals surface area contributed by atoms with Crippen LogP contribution in [0, 0.1) is 0 Å². The van der Waals surface area contributed by atoms with Crippen LogP contribution in [0.5, 0.6) is 0 Å². The van der Waals surface area contributed by atoms with Gasteiger partial charge in [-0.05, 0) is 18.9 Å². The highest BCUT2D eigenvalue weighted by atomic mass is 15.0. The van der Waals surface area contributed by atoms with Crippen LogP contribution >= 0.6 is 0 Å². The van der Waals surface area contributed by atoms with Crippen LogP contribution in [0.25, 0.3) is 10.9 Å². The van der Waals surface area contributed by atoms with Crippen molar-refractivity contribution in [3.63, 3.8) is 0 Å². The number of H-pyrrole nitrogens is 1. The number of anilines is 1. The molecule has 0 spiro atoms. The van der Waals surface area contributed by atoms with E-state index in [1.54, 1.807) is 0 Å². The van der Waals surface area contributed by atoms with Gasteiger partial charge in [-0.2, -0.15) is 0 Å². The minimum Gasteiger partial charge on any atom is -0.374 e. The quantitative estimate of drug-likeness (QED) is 0.710. The Morgan fingerprint density at radius 1 is 1.12 bits per heavy atom. The fourth-order valence-electron chi connectivity index (χ4n) is 2.40. The maximum Gasteiger partial charge on any atom is 0.107 e. The number of unbranched alkanes of at least 4 members (excludes halogenated alkanes) is 3. The lowest BCUT2D eigenvalue weighted by Crippen LogP contribution is -1.94. The van der Waals surface area contributed by atoms with Crippen LogP contribution in [0.4, 0.5) is 5.82 Å². The van der Waals surface area contributed by atoms with E-state index < -0.39 is 0 Å². The molecule has 17 heavy (non-hydrogen) atoms. The number of hydrogen-bond acceptors (Lipinski definition) is 1. The Labute approximate surface area is 103 Å². The Hall–Kier alpha value is -1.44. The van der Waals surface area contributed by atoms with Crippen LogP contribution in [0.2, 0.25) is 0 Å². The molecular weight excluding hydrogens is 208 g/mol. The molecule has 1 heterocycles. The number of aromatic amines is 1. The van der Waals surface area contributed by atoms with Gasteiger partial charge in [0, 0.05) is 23.5 Å². The molecule has 1 aromatic heterocycles. The molecule has 0 bridgehead atoms. The van der Waals surface area contributed by atoms with E-state index in [1.165, 1.54) is 54.4 Å². The predicted octanol–water partition coefficient (Wildman–Crippen LogP) is 4.33. The summed E-state index contributed by atoms with van der Waals surface area (Å²) in [5.74, 6) is 1.18. The van der Waals surface area contributed by atoms with Crippen molar-refractivity contribution in [3.05, 3.63) is 29.8 Å². The van der Waals surface area contributed by atoms with Gasteiger partial charge in [0.2, 0.25) is 0 Å². The Bertz CT molecular complexity index is 471. The zero-order valence-electron chi connectivity index (χ0n) is 10.8. The summed E-state index contributed by atoms with van der Waals surface area (Å²) in [5.41, 5.74) is 2.68. The molecule has 0 aliphatic heterocycles. The molecule has 2 aromatic rings. The molecule has 0 atom stereocenters. The highest BCUT2D eigenvalue weighted by Crippen LogP contribution is 2.27. The Morgan fingerprint density at radius 2 is 1.94 bits per heavy atom. The van der Waals surface area contributed by atoms with Gasteiger partial charge in [-0.1, -0.05) is 44.4 Å². The zero-order valence-corrected chi connectivity index (χ0v) is 10.8. The van der Waals surface area contributed by atoms with Crippen molar-refractivity contribution in [3.8, 4) is 0 Å². The number of aromatic nitrogens is 1. The molecule has 2 rings (SSSR count). The normalized spacial score (nSPS) is 10.9. The minimum atomic E-state index is 1.17. The van der Waals surface area contributed by atoms with Crippen molar-refractivity contribution < 1.29 is 0 Å². The first-order chi connectivity index (χ1) is 8.36. The lowest BCUT2D eigenvalue weighted by molar-refractivity contribution is 0.668. The topological polar surface area (TPSA) is 27.8 Å². The van der Waals surface area contributed by atoms with Crippen molar-refractivity contribution >= 4 is 16.7 Å². The van der Waals surface area contributed by atoms with Gasteiger partial charge in [0.15, 0.2) is 0 Å². The van der Waals surface area contributed by atoms with Crippen LogP contribution in [-0.4, -0.2) is 12.0 Å². The monoisotopic (exact) mass is 230 g/mol. The van der Waals surface area contributed by atoms with Crippen molar-refractivity contribution in [2.75, 3.05) is 12.4 Å². The molecule has 0 fully saturated rings. The summed E-state index contributed by atoms with van der Waals surface area (Å²) >= 11 is 0. The minimum absolute atomic E-state index is 1.17. The predicted molar refractivity (Wildman–Crippen MR) is 75.7 cm³/mol. The molecular formula is C15H22N2. The summed E-state index contributed by atoms with van der Waals surface area (Å²) in [6.45, 7) is 2.25. The summed E-state index contributed by atoms with van der Waals surface area (Å²) in [4.78, 5) is 3.44. The van der Waals surface area contributed by atoms with E-state index in [0.717, 1.165) is 0 Å². The third-order valence-electron chi connectivity index (χ3n) is 3.34. The van der Waals surface area contributed by atoms with E-state index >= 15 is 0 Å². The average Bonchev–Trinajstić information content (AvgIpc) is 2.73. The Kier molecular flexibility index (Phi) is 4.08. The molecule has 2 N–H and O–H groups in total. The average molecular weight is 230 g/mol. The molecule has 0 saturated heterocycles. The van der Waals surface area contributed by atoms with E-state index in [0.29, 0.717) is 0 Å². The smallest absolute Gasteiger partial charge is 0.107 e. The molecule has 0 unspecified atom stereocenters. The van der Waals surface area contributed by atoms with Gasteiger partial charge in [0.1, 0.15) is 5.82 Å². The molecule has 0 saturated carbocycles. The number of fused-ring (bicyclic) bond motifs is 1. The molecule has 0 aliphatic rings. The number of rotatable bonds is 6. The fourth-order valence-corrected chi connectivity index (χ4v) is 2.40. The lowest BCUT2D eigenvalue weighted by Gasteiger charge is -2.03. The van der Waals surface area contributed by atoms with Crippen LogP contribution in [0.1, 0.15) is 38.2 Å². The maximum atomic E-state index is 3.44. The van der Waals surface area contributed by atoms with E-state index in [2.05, 4.69) is 41.5 Å². The zero-order chi connectivity index (χ0) is 12.1. The van der Waals surface area contributed by atoms with Crippen LogP contribution in [0.3, 0.4) is 0 Å². The number of nitrogens with one attached hydrogen (secondary N) is 2. The molecule has 0 amide bonds. The number of benzene rings is 1. The van der Waals surface area contributed by atoms with Gasteiger partial charge in [-0.3, -0.25) is 0 Å². The van der Waals surface area contributed by atoms with Gasteiger partial charge in [-0.25, -0.2) is 0 Å². The second-order valence-electron chi connectivity index (χ2n) is 4.58. The van der Waals surface area contributed by atoms with Crippen molar-refractivity contribution in [2.45, 2.75) is 39.0 Å². The van der Waals surface area contributed by atoms with E-state index in [9.17, 15) is 0 Å². The summed E-state index contributed by atoms with van der Waals surface area (Å²) in [7, 11) is 1.99. The van der Waals surface area contributed by atoms with Crippen molar-refractivity contribution in [1.29, 1.82) is 0 Å². The standard InChI is InChI=1S/C15H22N2/c1-3-4-5-6-10-13-12-9-7-8-11-14(12)17-15(13)16-2/h7-9,11,16-17H,3-6,10H2,1-2H3. The van der Waals surface area contributed by atoms with Crippen LogP contribution in [0.15, 0.2) is 24.3 Å². The molecule has 92 valence electrons.